The summed E-state index contributed by atoms with van der Waals surface area (Å²) in [6.07, 6.45) is 2.89. The van der Waals surface area contributed by atoms with Crippen LogP contribution in [0.25, 0.3) is 0 Å². The maximum Gasteiger partial charge on any atom is 0.223 e. The summed E-state index contributed by atoms with van der Waals surface area (Å²) in [7, 11) is 0. The van der Waals surface area contributed by atoms with Crippen LogP contribution in [0, 0.1) is 11.8 Å². The third kappa shape index (κ3) is 5.17. The molecule has 2 unspecified atom stereocenters. The minimum Gasteiger partial charge on any atom is -0.356 e. The molecule has 0 radical (unpaired) electrons. The third-order valence-corrected chi connectivity index (χ3v) is 4.59. The van der Waals surface area contributed by atoms with Crippen molar-refractivity contribution < 1.29 is 4.79 Å². The highest BCUT2D eigenvalue weighted by molar-refractivity contribution is 6.35. The number of carbonyl (C=O) groups is 1. The molecule has 1 saturated heterocycles. The highest BCUT2D eigenvalue weighted by atomic mass is 35.5. The van der Waals surface area contributed by atoms with Crippen LogP contribution in [-0.2, 0) is 11.2 Å². The average molecular weight is 329 g/mol. The Labute approximate surface area is 136 Å². The fourth-order valence-corrected chi connectivity index (χ4v) is 3.13. The van der Waals surface area contributed by atoms with Crippen LogP contribution in [0.1, 0.15) is 25.3 Å². The van der Waals surface area contributed by atoms with Crippen LogP contribution in [0.3, 0.4) is 0 Å². The van der Waals surface area contributed by atoms with Gasteiger partial charge >= 0.3 is 0 Å². The second-order valence-corrected chi connectivity index (χ2v) is 6.62. The van der Waals surface area contributed by atoms with Crippen molar-refractivity contribution in [1.29, 1.82) is 0 Å². The van der Waals surface area contributed by atoms with E-state index in [1.54, 1.807) is 12.1 Å². The van der Waals surface area contributed by atoms with Gasteiger partial charge in [0.25, 0.3) is 0 Å². The van der Waals surface area contributed by atoms with Gasteiger partial charge in [-0.15, -0.1) is 0 Å². The Bertz CT molecular complexity index is 487. The van der Waals surface area contributed by atoms with Gasteiger partial charge in [-0.25, -0.2) is 0 Å². The van der Waals surface area contributed by atoms with Gasteiger partial charge in [0.2, 0.25) is 5.91 Å². The van der Waals surface area contributed by atoms with Gasteiger partial charge in [0.1, 0.15) is 0 Å². The summed E-state index contributed by atoms with van der Waals surface area (Å²) in [5.41, 5.74) is 0.962. The van der Waals surface area contributed by atoms with E-state index in [-0.39, 0.29) is 11.8 Å². The van der Waals surface area contributed by atoms with Crippen LogP contribution < -0.4 is 10.6 Å². The van der Waals surface area contributed by atoms with Crippen molar-refractivity contribution in [1.82, 2.24) is 10.6 Å². The lowest BCUT2D eigenvalue weighted by Gasteiger charge is -2.14. The third-order valence-electron chi connectivity index (χ3n) is 4.00. The number of hydrogen-bond donors (Lipinski definition) is 2. The standard InChI is InChI=1S/C16H22Cl2N2O/c1-11(8-13-2-3-14(17)9-15(13)18)16(21)20-7-5-12-4-6-19-10-12/h2-3,9,11-12,19H,4-8,10H2,1H3,(H,20,21). The van der Waals surface area contributed by atoms with E-state index in [0.29, 0.717) is 22.4 Å². The van der Waals surface area contributed by atoms with Crippen molar-refractivity contribution in [2.75, 3.05) is 19.6 Å². The van der Waals surface area contributed by atoms with Crippen LogP contribution >= 0.6 is 23.2 Å². The van der Waals surface area contributed by atoms with Crippen molar-refractivity contribution >= 4 is 29.1 Å². The molecule has 21 heavy (non-hydrogen) atoms. The molecule has 1 aromatic carbocycles. The lowest BCUT2D eigenvalue weighted by atomic mass is 10.00. The van der Waals surface area contributed by atoms with E-state index >= 15 is 0 Å². The Morgan fingerprint density at radius 3 is 2.95 bits per heavy atom. The SMILES string of the molecule is CC(Cc1ccc(Cl)cc1Cl)C(=O)NCCC1CCNC1. The zero-order valence-corrected chi connectivity index (χ0v) is 13.8. The largest absolute Gasteiger partial charge is 0.356 e. The summed E-state index contributed by atoms with van der Waals surface area (Å²) in [6, 6.07) is 5.41. The van der Waals surface area contributed by atoms with E-state index in [0.717, 1.165) is 31.6 Å². The topological polar surface area (TPSA) is 41.1 Å². The van der Waals surface area contributed by atoms with Gasteiger partial charge in [0.15, 0.2) is 0 Å². The number of benzene rings is 1. The second kappa shape index (κ2) is 8.02. The van der Waals surface area contributed by atoms with E-state index in [4.69, 9.17) is 23.2 Å². The number of nitrogens with one attached hydrogen (secondary N) is 2. The van der Waals surface area contributed by atoms with Gasteiger partial charge in [0.05, 0.1) is 0 Å². The van der Waals surface area contributed by atoms with Gasteiger partial charge in [-0.1, -0.05) is 36.2 Å². The van der Waals surface area contributed by atoms with Crippen molar-refractivity contribution in [2.45, 2.75) is 26.2 Å². The predicted octanol–water partition coefficient (Wildman–Crippen LogP) is 3.29. The van der Waals surface area contributed by atoms with Crippen molar-refractivity contribution in [3.63, 3.8) is 0 Å². The van der Waals surface area contributed by atoms with Gasteiger partial charge in [0, 0.05) is 22.5 Å². The Balaban J connectivity index is 1.76. The number of hydrogen-bond acceptors (Lipinski definition) is 2. The molecular formula is C16H22Cl2N2O. The van der Waals surface area contributed by atoms with Crippen LogP contribution in [0.15, 0.2) is 18.2 Å². The Hall–Kier alpha value is -0.770. The maximum atomic E-state index is 12.1. The summed E-state index contributed by atoms with van der Waals surface area (Å²) >= 11 is 12.0. The maximum absolute atomic E-state index is 12.1. The zero-order valence-electron chi connectivity index (χ0n) is 12.3. The molecule has 1 aliphatic rings. The first kappa shape index (κ1) is 16.6. The number of rotatable bonds is 6. The number of amides is 1. The molecule has 1 amide bonds. The van der Waals surface area contributed by atoms with Gasteiger partial charge in [-0.3, -0.25) is 4.79 Å². The molecule has 1 heterocycles. The minimum atomic E-state index is -0.0922. The summed E-state index contributed by atoms with van der Waals surface area (Å²) in [4.78, 5) is 12.1. The first-order chi connectivity index (χ1) is 10.1. The van der Waals surface area contributed by atoms with E-state index in [9.17, 15) is 4.79 Å². The molecule has 0 bridgehead atoms. The predicted molar refractivity (Wildman–Crippen MR) is 87.9 cm³/mol. The molecule has 1 aliphatic heterocycles. The molecule has 0 spiro atoms. The summed E-state index contributed by atoms with van der Waals surface area (Å²) in [5.74, 6) is 0.698. The lowest BCUT2D eigenvalue weighted by molar-refractivity contribution is -0.124. The summed E-state index contributed by atoms with van der Waals surface area (Å²) in [6.45, 7) is 4.86. The molecule has 5 heteroatoms. The van der Waals surface area contributed by atoms with Crippen molar-refractivity contribution in [3.8, 4) is 0 Å². The minimum absolute atomic E-state index is 0.0898. The Morgan fingerprint density at radius 2 is 2.29 bits per heavy atom. The number of carbonyl (C=O) groups excluding carboxylic acids is 1. The first-order valence-electron chi connectivity index (χ1n) is 7.48. The Morgan fingerprint density at radius 1 is 1.48 bits per heavy atom. The van der Waals surface area contributed by atoms with E-state index < -0.39 is 0 Å². The van der Waals surface area contributed by atoms with Crippen LogP contribution in [0.2, 0.25) is 10.0 Å². The highest BCUT2D eigenvalue weighted by Crippen LogP contribution is 2.23. The number of halogens is 2. The van der Waals surface area contributed by atoms with Gasteiger partial charge in [-0.2, -0.15) is 0 Å². The fourth-order valence-electron chi connectivity index (χ4n) is 2.64. The Kier molecular flexibility index (Phi) is 6.34. The highest BCUT2D eigenvalue weighted by Gasteiger charge is 2.17. The quantitative estimate of drug-likeness (QED) is 0.841. The van der Waals surface area contributed by atoms with Crippen LogP contribution in [-0.4, -0.2) is 25.5 Å². The monoisotopic (exact) mass is 328 g/mol. The van der Waals surface area contributed by atoms with Gasteiger partial charge in [-0.05, 0) is 56.0 Å². The molecule has 0 saturated carbocycles. The molecule has 3 nitrogen and oxygen atoms in total. The zero-order chi connectivity index (χ0) is 15.2. The van der Waals surface area contributed by atoms with E-state index in [1.165, 1.54) is 6.42 Å². The van der Waals surface area contributed by atoms with Crippen molar-refractivity contribution in [2.24, 2.45) is 11.8 Å². The normalized spacial score (nSPS) is 19.5. The molecule has 1 aromatic rings. The molecule has 2 rings (SSSR count). The van der Waals surface area contributed by atoms with Crippen LogP contribution in [0.4, 0.5) is 0 Å². The molecule has 2 atom stereocenters. The molecule has 116 valence electrons. The van der Waals surface area contributed by atoms with E-state index in [2.05, 4.69) is 10.6 Å². The van der Waals surface area contributed by atoms with E-state index in [1.807, 2.05) is 13.0 Å². The van der Waals surface area contributed by atoms with Crippen molar-refractivity contribution in [3.05, 3.63) is 33.8 Å². The smallest absolute Gasteiger partial charge is 0.223 e. The molecule has 0 aliphatic carbocycles. The fraction of sp³-hybridized carbons (Fsp3) is 0.562. The molecule has 2 N–H and O–H groups in total. The molecule has 1 fully saturated rings. The summed E-state index contributed by atoms with van der Waals surface area (Å²) in [5, 5.41) is 7.60. The second-order valence-electron chi connectivity index (χ2n) is 5.78. The molecule has 0 aromatic heterocycles. The average Bonchev–Trinajstić information content (AvgIpc) is 2.95. The molecular weight excluding hydrogens is 307 g/mol. The lowest BCUT2D eigenvalue weighted by Crippen LogP contribution is -2.32. The summed E-state index contributed by atoms with van der Waals surface area (Å²) < 4.78 is 0. The van der Waals surface area contributed by atoms with Crippen LogP contribution in [0.5, 0.6) is 0 Å². The van der Waals surface area contributed by atoms with Gasteiger partial charge < -0.3 is 10.6 Å². The first-order valence-corrected chi connectivity index (χ1v) is 8.24.